The number of hydrogen-bond acceptors (Lipinski definition) is 3. The Hall–Kier alpha value is -0.120. The molecule has 0 bridgehead atoms. The summed E-state index contributed by atoms with van der Waals surface area (Å²) in [5, 5.41) is 3.72. The molecule has 0 spiro atoms. The maximum absolute atomic E-state index is 5.72. The molecule has 94 valence electrons. The highest BCUT2D eigenvalue weighted by atomic mass is 16.5. The van der Waals surface area contributed by atoms with Gasteiger partial charge in [0.05, 0.1) is 12.2 Å². The second-order valence-corrected chi connectivity index (χ2v) is 5.23. The first kappa shape index (κ1) is 12.3. The van der Waals surface area contributed by atoms with Crippen molar-refractivity contribution < 1.29 is 9.47 Å². The van der Waals surface area contributed by atoms with Crippen molar-refractivity contribution in [2.45, 2.75) is 69.7 Å². The lowest BCUT2D eigenvalue weighted by molar-refractivity contribution is 0.0440. The SMILES string of the molecule is COC1CCCC(NC(C)C2CCCO2)C1. The maximum Gasteiger partial charge on any atom is 0.0726 e. The second-order valence-electron chi connectivity index (χ2n) is 5.23. The fourth-order valence-electron chi connectivity index (χ4n) is 2.99. The van der Waals surface area contributed by atoms with Crippen molar-refractivity contribution in [2.24, 2.45) is 0 Å². The Labute approximate surface area is 98.9 Å². The molecule has 16 heavy (non-hydrogen) atoms. The largest absolute Gasteiger partial charge is 0.381 e. The van der Waals surface area contributed by atoms with Crippen LogP contribution in [-0.4, -0.2) is 38.0 Å². The van der Waals surface area contributed by atoms with Crippen LogP contribution in [-0.2, 0) is 9.47 Å². The first-order valence-electron chi connectivity index (χ1n) is 6.70. The van der Waals surface area contributed by atoms with Crippen LogP contribution in [0.1, 0.15) is 45.4 Å². The number of rotatable bonds is 4. The molecule has 1 N–H and O–H groups in total. The van der Waals surface area contributed by atoms with Crippen LogP contribution < -0.4 is 5.32 Å². The van der Waals surface area contributed by atoms with Crippen LogP contribution >= 0.6 is 0 Å². The van der Waals surface area contributed by atoms with Crippen molar-refractivity contribution in [3.63, 3.8) is 0 Å². The molecule has 0 aromatic rings. The van der Waals surface area contributed by atoms with Crippen molar-refractivity contribution in [2.75, 3.05) is 13.7 Å². The standard InChI is InChI=1S/C13H25NO2/c1-10(13-7-4-8-16-13)14-11-5-3-6-12(9-11)15-2/h10-14H,3-9H2,1-2H3. The third-order valence-electron chi connectivity index (χ3n) is 3.98. The van der Waals surface area contributed by atoms with Crippen molar-refractivity contribution in [1.82, 2.24) is 5.32 Å². The van der Waals surface area contributed by atoms with Crippen molar-refractivity contribution in [3.05, 3.63) is 0 Å². The van der Waals surface area contributed by atoms with Crippen molar-refractivity contribution in [3.8, 4) is 0 Å². The minimum absolute atomic E-state index is 0.433. The Morgan fingerprint density at radius 3 is 2.81 bits per heavy atom. The Bertz CT molecular complexity index is 204. The summed E-state index contributed by atoms with van der Waals surface area (Å²) < 4.78 is 11.2. The van der Waals surface area contributed by atoms with Crippen LogP contribution in [0.25, 0.3) is 0 Å². The van der Waals surface area contributed by atoms with Gasteiger partial charge in [-0.15, -0.1) is 0 Å². The molecule has 0 aromatic heterocycles. The number of methoxy groups -OCH3 is 1. The zero-order valence-electron chi connectivity index (χ0n) is 10.6. The fraction of sp³-hybridized carbons (Fsp3) is 1.00. The quantitative estimate of drug-likeness (QED) is 0.798. The number of hydrogen-bond donors (Lipinski definition) is 1. The molecule has 1 aliphatic carbocycles. The molecule has 3 nitrogen and oxygen atoms in total. The van der Waals surface area contributed by atoms with E-state index in [2.05, 4.69) is 12.2 Å². The van der Waals surface area contributed by atoms with E-state index in [0.717, 1.165) is 13.0 Å². The highest BCUT2D eigenvalue weighted by Gasteiger charge is 2.27. The molecule has 2 fully saturated rings. The smallest absolute Gasteiger partial charge is 0.0726 e. The molecule has 0 radical (unpaired) electrons. The van der Waals surface area contributed by atoms with Crippen LogP contribution in [0.2, 0.25) is 0 Å². The van der Waals surface area contributed by atoms with E-state index in [1.54, 1.807) is 0 Å². The molecule has 0 aromatic carbocycles. The summed E-state index contributed by atoms with van der Waals surface area (Å²) in [6.07, 6.45) is 8.30. The Morgan fingerprint density at radius 1 is 1.25 bits per heavy atom. The monoisotopic (exact) mass is 227 g/mol. The van der Waals surface area contributed by atoms with E-state index in [0.29, 0.717) is 24.3 Å². The van der Waals surface area contributed by atoms with E-state index in [-0.39, 0.29) is 0 Å². The third-order valence-corrected chi connectivity index (χ3v) is 3.98. The van der Waals surface area contributed by atoms with E-state index >= 15 is 0 Å². The van der Waals surface area contributed by atoms with Gasteiger partial charge in [0, 0.05) is 25.8 Å². The minimum Gasteiger partial charge on any atom is -0.381 e. The molecule has 3 heteroatoms. The fourth-order valence-corrected chi connectivity index (χ4v) is 2.99. The highest BCUT2D eigenvalue weighted by Crippen LogP contribution is 2.23. The average molecular weight is 227 g/mol. The van der Waals surface area contributed by atoms with Gasteiger partial charge in [0.2, 0.25) is 0 Å². The Kier molecular flexibility index (Phi) is 4.62. The minimum atomic E-state index is 0.433. The summed E-state index contributed by atoms with van der Waals surface area (Å²) in [4.78, 5) is 0. The summed E-state index contributed by atoms with van der Waals surface area (Å²) in [6.45, 7) is 3.20. The predicted octanol–water partition coefficient (Wildman–Crippen LogP) is 2.10. The van der Waals surface area contributed by atoms with E-state index in [1.165, 1.54) is 32.1 Å². The van der Waals surface area contributed by atoms with Gasteiger partial charge in [-0.1, -0.05) is 0 Å². The summed E-state index contributed by atoms with van der Waals surface area (Å²) >= 11 is 0. The van der Waals surface area contributed by atoms with E-state index in [1.807, 2.05) is 7.11 Å². The molecule has 1 heterocycles. The normalized spacial score (nSPS) is 37.5. The van der Waals surface area contributed by atoms with Gasteiger partial charge in [-0.2, -0.15) is 0 Å². The summed E-state index contributed by atoms with van der Waals surface area (Å²) in [7, 11) is 1.83. The molecule has 2 rings (SSSR count). The number of ether oxygens (including phenoxy) is 2. The van der Waals surface area contributed by atoms with Crippen molar-refractivity contribution in [1.29, 1.82) is 0 Å². The molecule has 4 unspecified atom stereocenters. The summed E-state index contributed by atoms with van der Waals surface area (Å²) in [5.74, 6) is 0. The lowest BCUT2D eigenvalue weighted by atomic mass is 9.92. The van der Waals surface area contributed by atoms with E-state index in [9.17, 15) is 0 Å². The van der Waals surface area contributed by atoms with Gasteiger partial charge in [-0.3, -0.25) is 0 Å². The van der Waals surface area contributed by atoms with Gasteiger partial charge in [0.25, 0.3) is 0 Å². The molecule has 0 amide bonds. The zero-order chi connectivity index (χ0) is 11.4. The first-order chi connectivity index (χ1) is 7.79. The second kappa shape index (κ2) is 5.99. The van der Waals surface area contributed by atoms with Gasteiger partial charge in [0.1, 0.15) is 0 Å². The molecule has 1 saturated heterocycles. The molecule has 4 atom stereocenters. The van der Waals surface area contributed by atoms with Crippen LogP contribution in [0.4, 0.5) is 0 Å². The van der Waals surface area contributed by atoms with Crippen molar-refractivity contribution >= 4 is 0 Å². The molecular formula is C13H25NO2. The van der Waals surface area contributed by atoms with Crippen LogP contribution in [0, 0.1) is 0 Å². The molecular weight excluding hydrogens is 202 g/mol. The number of nitrogens with one attached hydrogen (secondary N) is 1. The lowest BCUT2D eigenvalue weighted by Crippen LogP contribution is -2.46. The van der Waals surface area contributed by atoms with Crippen LogP contribution in [0.3, 0.4) is 0 Å². The maximum atomic E-state index is 5.72. The first-order valence-corrected chi connectivity index (χ1v) is 6.70. The van der Waals surface area contributed by atoms with Gasteiger partial charge >= 0.3 is 0 Å². The third kappa shape index (κ3) is 3.19. The van der Waals surface area contributed by atoms with E-state index in [4.69, 9.17) is 9.47 Å². The van der Waals surface area contributed by atoms with Gasteiger partial charge < -0.3 is 14.8 Å². The Morgan fingerprint density at radius 2 is 2.12 bits per heavy atom. The topological polar surface area (TPSA) is 30.5 Å². The average Bonchev–Trinajstić information content (AvgIpc) is 2.83. The molecule has 2 aliphatic rings. The van der Waals surface area contributed by atoms with Gasteiger partial charge in [-0.25, -0.2) is 0 Å². The van der Waals surface area contributed by atoms with Gasteiger partial charge in [-0.05, 0) is 45.4 Å². The predicted molar refractivity (Wildman–Crippen MR) is 64.6 cm³/mol. The van der Waals surface area contributed by atoms with Gasteiger partial charge in [0.15, 0.2) is 0 Å². The molecule has 1 saturated carbocycles. The molecule has 1 aliphatic heterocycles. The zero-order valence-corrected chi connectivity index (χ0v) is 10.6. The lowest BCUT2D eigenvalue weighted by Gasteiger charge is -2.32. The summed E-state index contributed by atoms with van der Waals surface area (Å²) in [5.41, 5.74) is 0. The highest BCUT2D eigenvalue weighted by molar-refractivity contribution is 4.84. The van der Waals surface area contributed by atoms with E-state index < -0.39 is 0 Å². The van der Waals surface area contributed by atoms with Crippen LogP contribution in [0.15, 0.2) is 0 Å². The van der Waals surface area contributed by atoms with Crippen LogP contribution in [0.5, 0.6) is 0 Å². The Balaban J connectivity index is 1.75. The summed E-state index contributed by atoms with van der Waals surface area (Å²) in [6, 6.07) is 1.11.